The molecule has 0 saturated heterocycles. The number of benzene rings is 2. The largest absolute Gasteiger partial charge is 0.508 e. The van der Waals surface area contributed by atoms with Crippen LogP contribution in [0.1, 0.15) is 45.7 Å². The first-order valence-corrected chi connectivity index (χ1v) is 11.6. The van der Waals surface area contributed by atoms with Crippen LogP contribution in [0.3, 0.4) is 0 Å². The Morgan fingerprint density at radius 2 is 1.79 bits per heavy atom. The fourth-order valence-electron chi connectivity index (χ4n) is 4.94. The number of para-hydroxylation sites is 1. The lowest BCUT2D eigenvalue weighted by Crippen LogP contribution is -2.36. The number of ether oxygens (including phenoxy) is 2. The maximum Gasteiger partial charge on any atom is 0.508 e. The van der Waals surface area contributed by atoms with Crippen molar-refractivity contribution in [1.82, 2.24) is 4.73 Å². The third-order valence-corrected chi connectivity index (χ3v) is 6.75. The van der Waals surface area contributed by atoms with E-state index >= 15 is 0 Å². The topological polar surface area (TPSA) is 77.8 Å². The van der Waals surface area contributed by atoms with Crippen molar-refractivity contribution < 1.29 is 19.5 Å². The zero-order chi connectivity index (χ0) is 23.5. The van der Waals surface area contributed by atoms with E-state index in [1.807, 2.05) is 18.2 Å². The van der Waals surface area contributed by atoms with Crippen LogP contribution in [0.15, 0.2) is 59.4 Å². The van der Waals surface area contributed by atoms with E-state index in [0.717, 1.165) is 24.0 Å². The molecule has 0 unspecified atom stereocenters. The van der Waals surface area contributed by atoms with Crippen LogP contribution in [0.25, 0.3) is 22.0 Å². The fraction of sp³-hybridized carbons (Fsp3) is 0.407. The first-order valence-electron chi connectivity index (χ1n) is 11.6. The summed E-state index contributed by atoms with van der Waals surface area (Å²) in [5, 5.41) is 11.3. The number of hydrogen-bond acceptors (Lipinski definition) is 5. The predicted octanol–water partition coefficient (Wildman–Crippen LogP) is 6.02. The average molecular weight is 450 g/mol. The molecule has 1 heterocycles. The van der Waals surface area contributed by atoms with Gasteiger partial charge in [0, 0.05) is 5.39 Å². The first kappa shape index (κ1) is 22.9. The van der Waals surface area contributed by atoms with Crippen molar-refractivity contribution >= 4 is 17.1 Å². The van der Waals surface area contributed by atoms with Crippen LogP contribution in [0.5, 0.6) is 0 Å². The number of carbonyl (C=O) groups excluding carboxylic acids is 1. The number of rotatable bonds is 5. The third-order valence-electron chi connectivity index (χ3n) is 6.75. The Bertz CT molecular complexity index is 1180. The summed E-state index contributed by atoms with van der Waals surface area (Å²) in [4.78, 5) is 26.0. The summed E-state index contributed by atoms with van der Waals surface area (Å²) >= 11 is 0. The molecule has 0 radical (unpaired) electrons. The van der Waals surface area contributed by atoms with Gasteiger partial charge in [0.25, 0.3) is 0 Å². The highest BCUT2D eigenvalue weighted by atomic mass is 16.7. The molecule has 0 aliphatic heterocycles. The van der Waals surface area contributed by atoms with Crippen LogP contribution >= 0.6 is 0 Å². The second-order valence-electron chi connectivity index (χ2n) is 9.37. The highest BCUT2D eigenvalue weighted by Gasteiger charge is 2.34. The van der Waals surface area contributed by atoms with E-state index in [-0.39, 0.29) is 23.8 Å². The molecule has 1 fully saturated rings. The second-order valence-corrected chi connectivity index (χ2v) is 9.37. The van der Waals surface area contributed by atoms with Gasteiger partial charge in [-0.15, -0.1) is 0 Å². The van der Waals surface area contributed by atoms with Gasteiger partial charge in [0.2, 0.25) is 0 Å². The number of nitrogens with zero attached hydrogens (tertiary/aromatic N) is 1. The van der Waals surface area contributed by atoms with Gasteiger partial charge in [0.1, 0.15) is 18.4 Å². The average Bonchev–Trinajstić information content (AvgIpc) is 2.81. The molecule has 1 saturated carbocycles. The summed E-state index contributed by atoms with van der Waals surface area (Å²) in [7, 11) is 0. The Kier molecular flexibility index (Phi) is 6.72. The summed E-state index contributed by atoms with van der Waals surface area (Å²) in [6.45, 7) is 6.18. The summed E-state index contributed by atoms with van der Waals surface area (Å²) in [6.07, 6.45) is 2.00. The molecule has 1 aromatic heterocycles. The van der Waals surface area contributed by atoms with Gasteiger partial charge in [-0.3, -0.25) is 4.79 Å². The van der Waals surface area contributed by atoms with E-state index in [0.29, 0.717) is 39.8 Å². The van der Waals surface area contributed by atoms with Crippen molar-refractivity contribution in [2.45, 2.75) is 52.7 Å². The summed E-state index contributed by atoms with van der Waals surface area (Å²) in [5.41, 5.74) is 1.28. The minimum Gasteiger partial charge on any atom is -0.431 e. The minimum absolute atomic E-state index is 0.192. The summed E-state index contributed by atoms with van der Waals surface area (Å²) < 4.78 is 12.1. The molecule has 2 aromatic carbocycles. The zero-order valence-corrected chi connectivity index (χ0v) is 19.4. The quantitative estimate of drug-likeness (QED) is 0.381. The summed E-state index contributed by atoms with van der Waals surface area (Å²) in [6, 6.07) is 15.9. The molecule has 3 aromatic rings. The molecule has 1 aliphatic rings. The van der Waals surface area contributed by atoms with Crippen molar-refractivity contribution in [2.75, 3.05) is 0 Å². The Morgan fingerprint density at radius 3 is 2.52 bits per heavy atom. The van der Waals surface area contributed by atoms with Crippen LogP contribution in [-0.2, 0) is 16.1 Å². The highest BCUT2D eigenvalue weighted by Crippen LogP contribution is 2.35. The van der Waals surface area contributed by atoms with Crippen LogP contribution in [0.2, 0.25) is 0 Å². The van der Waals surface area contributed by atoms with Crippen LogP contribution < -0.4 is 5.43 Å². The second kappa shape index (κ2) is 9.69. The van der Waals surface area contributed by atoms with Crippen LogP contribution in [0, 0.1) is 17.8 Å². The monoisotopic (exact) mass is 449 g/mol. The van der Waals surface area contributed by atoms with Crippen LogP contribution in [-0.4, -0.2) is 22.2 Å². The Hall–Kier alpha value is -3.28. The van der Waals surface area contributed by atoms with Gasteiger partial charge >= 0.3 is 6.16 Å². The molecular formula is C27H31NO5. The molecule has 1 N–H and O–H groups in total. The lowest BCUT2D eigenvalue weighted by molar-refractivity contribution is -0.0358. The number of carbonyl (C=O) groups is 1. The lowest BCUT2D eigenvalue weighted by atomic mass is 9.75. The number of pyridine rings is 1. The lowest BCUT2D eigenvalue weighted by Gasteiger charge is -2.36. The maximum atomic E-state index is 13.3. The molecule has 6 heteroatoms. The molecular weight excluding hydrogens is 418 g/mol. The van der Waals surface area contributed by atoms with Gasteiger partial charge in [-0.05, 0) is 48.3 Å². The van der Waals surface area contributed by atoms with Crippen molar-refractivity contribution in [2.24, 2.45) is 17.8 Å². The number of hydrogen-bond donors (Lipinski definition) is 1. The van der Waals surface area contributed by atoms with Gasteiger partial charge in [-0.1, -0.05) is 69.7 Å². The van der Waals surface area contributed by atoms with E-state index < -0.39 is 6.16 Å². The van der Waals surface area contributed by atoms with E-state index in [1.54, 1.807) is 36.4 Å². The van der Waals surface area contributed by atoms with Crippen molar-refractivity contribution in [3.63, 3.8) is 0 Å². The Labute approximate surface area is 193 Å². The van der Waals surface area contributed by atoms with Crippen LogP contribution in [0.4, 0.5) is 4.79 Å². The van der Waals surface area contributed by atoms with E-state index in [2.05, 4.69) is 20.8 Å². The molecule has 4 rings (SSSR count). The first-order chi connectivity index (χ1) is 15.9. The maximum absolute atomic E-state index is 13.3. The molecule has 0 amide bonds. The van der Waals surface area contributed by atoms with E-state index in [9.17, 15) is 14.8 Å². The molecule has 0 spiro atoms. The minimum atomic E-state index is -0.778. The Morgan fingerprint density at radius 1 is 1.09 bits per heavy atom. The molecule has 1 aliphatic carbocycles. The normalized spacial score (nSPS) is 20.7. The van der Waals surface area contributed by atoms with Crippen molar-refractivity contribution in [3.8, 4) is 11.1 Å². The van der Waals surface area contributed by atoms with E-state index in [1.165, 1.54) is 0 Å². The SMILES string of the molecule is CC(C)[C@@H]1CC[C@@H](C)C[C@H]1OC(=O)OCc1c(-c2ccccc2)c(=O)c2ccccc2n1O. The molecule has 0 bridgehead atoms. The van der Waals surface area contributed by atoms with Gasteiger partial charge in [0.05, 0.1) is 11.1 Å². The summed E-state index contributed by atoms with van der Waals surface area (Å²) in [5.74, 6) is 1.19. The molecule has 33 heavy (non-hydrogen) atoms. The van der Waals surface area contributed by atoms with E-state index in [4.69, 9.17) is 9.47 Å². The van der Waals surface area contributed by atoms with Crippen molar-refractivity contribution in [3.05, 3.63) is 70.5 Å². The Balaban J connectivity index is 1.63. The number of aromatic nitrogens is 1. The number of fused-ring (bicyclic) bond motifs is 1. The predicted molar refractivity (Wildman–Crippen MR) is 127 cm³/mol. The van der Waals surface area contributed by atoms with Crippen molar-refractivity contribution in [1.29, 1.82) is 0 Å². The highest BCUT2D eigenvalue weighted by molar-refractivity contribution is 5.85. The standard InChI is InChI=1S/C27H31NO5/c1-17(2)20-14-13-18(3)15-24(20)33-27(30)32-16-23-25(19-9-5-4-6-10-19)26(29)21-11-7-8-12-22(21)28(23)31/h4-12,17-18,20,24,31H,13-16H2,1-3H3/t18-,20+,24-/m1/s1. The molecule has 3 atom stereocenters. The van der Waals surface area contributed by atoms with Gasteiger partial charge in [0.15, 0.2) is 5.43 Å². The molecule has 174 valence electrons. The van der Waals surface area contributed by atoms with Gasteiger partial charge in [-0.2, -0.15) is 4.73 Å². The zero-order valence-electron chi connectivity index (χ0n) is 19.4. The van der Waals surface area contributed by atoms with Gasteiger partial charge < -0.3 is 14.7 Å². The third kappa shape index (κ3) is 4.75. The fourth-order valence-corrected chi connectivity index (χ4v) is 4.94. The smallest absolute Gasteiger partial charge is 0.431 e. The van der Waals surface area contributed by atoms with Gasteiger partial charge in [-0.25, -0.2) is 4.79 Å². The molecule has 6 nitrogen and oxygen atoms in total.